The lowest BCUT2D eigenvalue weighted by atomic mass is 10.0. The molecule has 1 amide bonds. The highest BCUT2D eigenvalue weighted by molar-refractivity contribution is 5.97. The van der Waals surface area contributed by atoms with E-state index in [2.05, 4.69) is 5.32 Å². The topological polar surface area (TPSA) is 64.3 Å². The van der Waals surface area contributed by atoms with Crippen LogP contribution in [0.1, 0.15) is 29.6 Å². The number of nitrogens with two attached hydrogens (primary N) is 1. The SMILES string of the molecule is COc1cc(N)ccc1C(=O)NC1C2C3CCC(C3)C12. The fourth-order valence-electron chi connectivity index (χ4n) is 4.64. The molecule has 0 radical (unpaired) electrons. The van der Waals surface area contributed by atoms with E-state index in [1.165, 1.54) is 19.3 Å². The number of anilines is 1. The molecule has 20 heavy (non-hydrogen) atoms. The molecule has 4 heteroatoms. The van der Waals surface area contributed by atoms with Crippen LogP contribution in [0.2, 0.25) is 0 Å². The Hall–Kier alpha value is -1.71. The van der Waals surface area contributed by atoms with Gasteiger partial charge in [0.2, 0.25) is 0 Å². The minimum absolute atomic E-state index is 0.0272. The number of carbonyl (C=O) groups is 1. The molecule has 0 aliphatic heterocycles. The van der Waals surface area contributed by atoms with Gasteiger partial charge in [-0.25, -0.2) is 0 Å². The van der Waals surface area contributed by atoms with Crippen LogP contribution in [0, 0.1) is 23.7 Å². The molecule has 4 atom stereocenters. The van der Waals surface area contributed by atoms with E-state index < -0.39 is 0 Å². The first-order valence-corrected chi connectivity index (χ1v) is 7.43. The average molecular weight is 272 g/mol. The monoisotopic (exact) mass is 272 g/mol. The molecule has 0 heterocycles. The first kappa shape index (κ1) is 12.1. The van der Waals surface area contributed by atoms with E-state index in [0.717, 1.165) is 23.7 Å². The van der Waals surface area contributed by atoms with E-state index >= 15 is 0 Å². The number of hydrogen-bond donors (Lipinski definition) is 2. The van der Waals surface area contributed by atoms with Crippen LogP contribution in [0.3, 0.4) is 0 Å². The summed E-state index contributed by atoms with van der Waals surface area (Å²) in [7, 11) is 1.57. The minimum atomic E-state index is -0.0272. The summed E-state index contributed by atoms with van der Waals surface area (Å²) in [5, 5.41) is 3.21. The molecule has 1 aromatic rings. The first-order chi connectivity index (χ1) is 9.69. The van der Waals surface area contributed by atoms with Gasteiger partial charge in [-0.1, -0.05) is 0 Å². The van der Waals surface area contributed by atoms with Gasteiger partial charge in [-0.3, -0.25) is 4.79 Å². The maximum absolute atomic E-state index is 12.4. The van der Waals surface area contributed by atoms with Gasteiger partial charge in [0.15, 0.2) is 0 Å². The molecule has 3 saturated carbocycles. The summed E-state index contributed by atoms with van der Waals surface area (Å²) in [4.78, 5) is 12.4. The third-order valence-corrected chi connectivity index (χ3v) is 5.50. The quantitative estimate of drug-likeness (QED) is 0.828. The van der Waals surface area contributed by atoms with Crippen LogP contribution >= 0.6 is 0 Å². The van der Waals surface area contributed by atoms with Crippen LogP contribution in [-0.2, 0) is 0 Å². The van der Waals surface area contributed by atoms with E-state index in [9.17, 15) is 4.79 Å². The first-order valence-electron chi connectivity index (χ1n) is 7.43. The summed E-state index contributed by atoms with van der Waals surface area (Å²) in [5.74, 6) is 3.75. The Morgan fingerprint density at radius 2 is 2.00 bits per heavy atom. The van der Waals surface area contributed by atoms with Crippen molar-refractivity contribution in [1.82, 2.24) is 5.32 Å². The highest BCUT2D eigenvalue weighted by Crippen LogP contribution is 2.65. The van der Waals surface area contributed by atoms with Gasteiger partial charge in [-0.15, -0.1) is 0 Å². The van der Waals surface area contributed by atoms with Crippen molar-refractivity contribution in [3.05, 3.63) is 23.8 Å². The Morgan fingerprint density at radius 1 is 1.30 bits per heavy atom. The molecule has 1 aromatic carbocycles. The second kappa shape index (κ2) is 4.14. The molecule has 0 saturated heterocycles. The Balaban J connectivity index is 1.49. The molecule has 4 unspecified atom stereocenters. The van der Waals surface area contributed by atoms with Gasteiger partial charge in [-0.2, -0.15) is 0 Å². The fraction of sp³-hybridized carbons (Fsp3) is 0.562. The number of hydrogen-bond acceptors (Lipinski definition) is 3. The molecule has 3 aliphatic carbocycles. The smallest absolute Gasteiger partial charge is 0.255 e. The number of benzene rings is 1. The lowest BCUT2D eigenvalue weighted by Crippen LogP contribution is -2.30. The number of nitrogen functional groups attached to an aromatic ring is 1. The Labute approximate surface area is 118 Å². The molecular formula is C16H20N2O2. The Bertz CT molecular complexity index is 556. The average Bonchev–Trinajstić information content (AvgIpc) is 2.84. The van der Waals surface area contributed by atoms with Crippen LogP contribution < -0.4 is 15.8 Å². The second-order valence-corrected chi connectivity index (χ2v) is 6.45. The molecular weight excluding hydrogens is 252 g/mol. The summed E-state index contributed by atoms with van der Waals surface area (Å²) in [6.07, 6.45) is 4.12. The van der Waals surface area contributed by atoms with Crippen LogP contribution in [0.15, 0.2) is 18.2 Å². The van der Waals surface area contributed by atoms with Gasteiger partial charge >= 0.3 is 0 Å². The molecule has 0 spiro atoms. The van der Waals surface area contributed by atoms with Crippen LogP contribution in [0.4, 0.5) is 5.69 Å². The van der Waals surface area contributed by atoms with E-state index in [4.69, 9.17) is 10.5 Å². The van der Waals surface area contributed by atoms with E-state index in [-0.39, 0.29) is 5.91 Å². The highest BCUT2D eigenvalue weighted by Gasteiger charge is 2.65. The zero-order valence-electron chi connectivity index (χ0n) is 11.6. The predicted molar refractivity (Wildman–Crippen MR) is 76.5 cm³/mol. The fourth-order valence-corrected chi connectivity index (χ4v) is 4.64. The van der Waals surface area contributed by atoms with Gasteiger partial charge in [0.25, 0.3) is 5.91 Å². The van der Waals surface area contributed by atoms with Gasteiger partial charge in [0.1, 0.15) is 5.75 Å². The van der Waals surface area contributed by atoms with E-state index in [0.29, 0.717) is 23.0 Å². The van der Waals surface area contributed by atoms with Crippen LogP contribution in [0.25, 0.3) is 0 Å². The maximum Gasteiger partial charge on any atom is 0.255 e. The number of nitrogens with one attached hydrogen (secondary N) is 1. The summed E-state index contributed by atoms with van der Waals surface area (Å²) < 4.78 is 5.26. The molecule has 2 bridgehead atoms. The molecule has 3 N–H and O–H groups in total. The van der Waals surface area contributed by atoms with Gasteiger partial charge in [0, 0.05) is 17.8 Å². The zero-order chi connectivity index (χ0) is 13.9. The molecule has 4 nitrogen and oxygen atoms in total. The number of rotatable bonds is 3. The number of methoxy groups -OCH3 is 1. The summed E-state index contributed by atoms with van der Waals surface area (Å²) >= 11 is 0. The molecule has 3 aliphatic rings. The van der Waals surface area contributed by atoms with Crippen molar-refractivity contribution in [3.8, 4) is 5.75 Å². The summed E-state index contributed by atoms with van der Waals surface area (Å²) in [5.41, 5.74) is 6.92. The van der Waals surface area contributed by atoms with E-state index in [1.807, 2.05) is 0 Å². The third kappa shape index (κ3) is 1.63. The minimum Gasteiger partial charge on any atom is -0.496 e. The van der Waals surface area contributed by atoms with Crippen molar-refractivity contribution in [2.75, 3.05) is 12.8 Å². The predicted octanol–water partition coefficient (Wildman–Crippen LogP) is 2.05. The number of ether oxygens (including phenoxy) is 1. The van der Waals surface area contributed by atoms with Gasteiger partial charge in [0.05, 0.1) is 12.7 Å². The molecule has 4 rings (SSSR count). The number of fused-ring (bicyclic) bond motifs is 5. The second-order valence-electron chi connectivity index (χ2n) is 6.45. The lowest BCUT2D eigenvalue weighted by Gasteiger charge is -2.13. The van der Waals surface area contributed by atoms with Crippen LogP contribution in [-0.4, -0.2) is 19.1 Å². The van der Waals surface area contributed by atoms with Crippen molar-refractivity contribution in [1.29, 1.82) is 0 Å². The van der Waals surface area contributed by atoms with Crippen molar-refractivity contribution >= 4 is 11.6 Å². The zero-order valence-corrected chi connectivity index (χ0v) is 11.6. The summed E-state index contributed by atoms with van der Waals surface area (Å²) in [6.45, 7) is 0. The molecule has 106 valence electrons. The van der Waals surface area contributed by atoms with Crippen molar-refractivity contribution in [2.45, 2.75) is 25.3 Å². The number of carbonyl (C=O) groups excluding carboxylic acids is 1. The van der Waals surface area contributed by atoms with Crippen molar-refractivity contribution < 1.29 is 9.53 Å². The molecule has 3 fully saturated rings. The van der Waals surface area contributed by atoms with Crippen molar-refractivity contribution in [3.63, 3.8) is 0 Å². The molecule has 0 aromatic heterocycles. The van der Waals surface area contributed by atoms with Crippen molar-refractivity contribution in [2.24, 2.45) is 23.7 Å². The highest BCUT2D eigenvalue weighted by atomic mass is 16.5. The third-order valence-electron chi connectivity index (χ3n) is 5.50. The van der Waals surface area contributed by atoms with E-state index in [1.54, 1.807) is 25.3 Å². The Morgan fingerprint density at radius 3 is 2.65 bits per heavy atom. The van der Waals surface area contributed by atoms with Gasteiger partial charge in [-0.05, 0) is 55.1 Å². The lowest BCUT2D eigenvalue weighted by molar-refractivity contribution is 0.0941. The van der Waals surface area contributed by atoms with Crippen LogP contribution in [0.5, 0.6) is 5.75 Å². The van der Waals surface area contributed by atoms with Gasteiger partial charge < -0.3 is 15.8 Å². The summed E-state index contributed by atoms with van der Waals surface area (Å²) in [6, 6.07) is 5.59. The normalized spacial score (nSPS) is 36.5. The maximum atomic E-state index is 12.4. The largest absolute Gasteiger partial charge is 0.496 e. The standard InChI is InChI=1S/C16H20N2O2/c1-20-12-7-10(17)4-5-11(12)16(19)18-15-13-8-2-3-9(6-8)14(13)15/h4-5,7-9,13-15H,2-3,6,17H2,1H3,(H,18,19). The Kier molecular flexibility index (Phi) is 2.50. The number of amides is 1.